The summed E-state index contributed by atoms with van der Waals surface area (Å²) in [5.74, 6) is -1.13. The van der Waals surface area contributed by atoms with Gasteiger partial charge in [-0.1, -0.05) is 12.1 Å². The van der Waals surface area contributed by atoms with Gasteiger partial charge in [-0.3, -0.25) is 4.79 Å². The first kappa shape index (κ1) is 15.2. The van der Waals surface area contributed by atoms with Gasteiger partial charge in [0, 0.05) is 4.88 Å². The topological polar surface area (TPSA) is 79.3 Å². The Labute approximate surface area is 126 Å². The lowest BCUT2D eigenvalue weighted by molar-refractivity contribution is -0.120. The first-order chi connectivity index (χ1) is 9.95. The van der Waals surface area contributed by atoms with E-state index in [1.807, 2.05) is 13.8 Å². The highest BCUT2D eigenvalue weighted by molar-refractivity contribution is 7.11. The second-order valence-electron chi connectivity index (χ2n) is 4.70. The predicted molar refractivity (Wildman–Crippen MR) is 80.5 cm³/mol. The molecule has 1 aromatic heterocycles. The number of nitrogens with zero attached hydrogens (tertiary/aromatic N) is 1. The van der Waals surface area contributed by atoms with Crippen molar-refractivity contribution in [3.8, 4) is 0 Å². The first-order valence-electron chi connectivity index (χ1n) is 6.47. The second kappa shape index (κ2) is 6.49. The number of aromatic nitrogens is 1. The number of benzene rings is 1. The third-order valence-electron chi connectivity index (χ3n) is 2.98. The first-order valence-corrected chi connectivity index (χ1v) is 7.29. The fourth-order valence-corrected chi connectivity index (χ4v) is 2.86. The van der Waals surface area contributed by atoms with Crippen LogP contribution in [0, 0.1) is 13.8 Å². The Bertz CT molecular complexity index is 679. The summed E-state index contributed by atoms with van der Waals surface area (Å²) in [6.07, 6.45) is 0.165. The molecule has 0 fully saturated rings. The number of nitrogens with one attached hydrogen (secondary N) is 1. The van der Waals surface area contributed by atoms with Crippen LogP contribution in [-0.4, -0.2) is 22.0 Å². The van der Waals surface area contributed by atoms with Crippen LogP contribution in [0.4, 0.5) is 0 Å². The highest BCUT2D eigenvalue weighted by atomic mass is 32.1. The highest BCUT2D eigenvalue weighted by Crippen LogP contribution is 2.16. The minimum Gasteiger partial charge on any atom is -0.478 e. The molecule has 21 heavy (non-hydrogen) atoms. The molecule has 2 N–H and O–H groups in total. The highest BCUT2D eigenvalue weighted by Gasteiger charge is 2.09. The lowest BCUT2D eigenvalue weighted by Gasteiger charge is -2.05. The van der Waals surface area contributed by atoms with E-state index in [1.54, 1.807) is 23.5 Å². The van der Waals surface area contributed by atoms with E-state index < -0.39 is 5.97 Å². The quantitative estimate of drug-likeness (QED) is 0.888. The molecule has 2 aromatic rings. The van der Waals surface area contributed by atoms with Gasteiger partial charge in [0.25, 0.3) is 0 Å². The van der Waals surface area contributed by atoms with Gasteiger partial charge >= 0.3 is 5.97 Å². The fraction of sp³-hybridized carbons (Fsp3) is 0.267. The number of hydrogen-bond acceptors (Lipinski definition) is 4. The van der Waals surface area contributed by atoms with Crippen molar-refractivity contribution < 1.29 is 14.7 Å². The number of rotatable bonds is 5. The molecule has 110 valence electrons. The number of carbonyl (C=O) groups is 2. The van der Waals surface area contributed by atoms with Crippen LogP contribution in [0.25, 0.3) is 0 Å². The molecular weight excluding hydrogens is 288 g/mol. The van der Waals surface area contributed by atoms with Gasteiger partial charge in [-0.2, -0.15) is 0 Å². The zero-order valence-corrected chi connectivity index (χ0v) is 12.7. The van der Waals surface area contributed by atoms with E-state index in [-0.39, 0.29) is 17.9 Å². The summed E-state index contributed by atoms with van der Waals surface area (Å²) in [6, 6.07) is 6.41. The lowest BCUT2D eigenvalue weighted by atomic mass is 10.1. The molecule has 0 unspecified atom stereocenters. The number of hydrogen-bond donors (Lipinski definition) is 2. The molecule has 0 radical (unpaired) electrons. The van der Waals surface area contributed by atoms with Gasteiger partial charge < -0.3 is 10.4 Å². The van der Waals surface area contributed by atoms with Gasteiger partial charge in [-0.05, 0) is 31.5 Å². The summed E-state index contributed by atoms with van der Waals surface area (Å²) < 4.78 is 0. The maximum Gasteiger partial charge on any atom is 0.335 e. The molecule has 1 amide bonds. The maximum atomic E-state index is 11.9. The average molecular weight is 304 g/mol. The summed E-state index contributed by atoms with van der Waals surface area (Å²) in [6.45, 7) is 4.30. The van der Waals surface area contributed by atoms with E-state index in [0.717, 1.165) is 15.6 Å². The maximum absolute atomic E-state index is 11.9. The molecule has 0 atom stereocenters. The normalized spacial score (nSPS) is 10.4. The van der Waals surface area contributed by atoms with Crippen molar-refractivity contribution in [3.63, 3.8) is 0 Å². The zero-order valence-electron chi connectivity index (χ0n) is 11.8. The molecule has 5 nitrogen and oxygen atoms in total. The van der Waals surface area contributed by atoms with Crippen LogP contribution in [0.2, 0.25) is 0 Å². The number of carbonyl (C=O) groups excluding carboxylic acids is 1. The third-order valence-corrected chi connectivity index (χ3v) is 4.06. The predicted octanol–water partition coefficient (Wildman–Crippen LogP) is 2.32. The van der Waals surface area contributed by atoms with Crippen molar-refractivity contribution in [2.45, 2.75) is 26.8 Å². The average Bonchev–Trinajstić information content (AvgIpc) is 2.75. The summed E-state index contributed by atoms with van der Waals surface area (Å²) >= 11 is 1.57. The van der Waals surface area contributed by atoms with E-state index in [9.17, 15) is 9.59 Å². The molecule has 6 heteroatoms. The van der Waals surface area contributed by atoms with Gasteiger partial charge in [-0.15, -0.1) is 11.3 Å². The van der Waals surface area contributed by atoms with Crippen molar-refractivity contribution in [1.82, 2.24) is 10.3 Å². The molecular formula is C15H16N2O3S. The number of thiazole rings is 1. The van der Waals surface area contributed by atoms with Crippen LogP contribution in [-0.2, 0) is 17.8 Å². The molecule has 0 bridgehead atoms. The minimum atomic E-state index is -0.993. The largest absolute Gasteiger partial charge is 0.478 e. The molecule has 0 saturated carbocycles. The van der Waals surface area contributed by atoms with Crippen molar-refractivity contribution in [2.24, 2.45) is 0 Å². The van der Waals surface area contributed by atoms with E-state index in [2.05, 4.69) is 10.3 Å². The Balaban J connectivity index is 1.94. The summed E-state index contributed by atoms with van der Waals surface area (Å²) in [5.41, 5.74) is 1.81. The van der Waals surface area contributed by atoms with E-state index in [4.69, 9.17) is 5.11 Å². The zero-order chi connectivity index (χ0) is 15.4. The Kier molecular flexibility index (Phi) is 4.70. The Morgan fingerprint density at radius 3 is 2.71 bits per heavy atom. The Morgan fingerprint density at radius 2 is 2.10 bits per heavy atom. The molecule has 0 saturated heterocycles. The van der Waals surface area contributed by atoms with Crippen molar-refractivity contribution in [2.75, 3.05) is 0 Å². The third kappa shape index (κ3) is 4.13. The summed E-state index contributed by atoms with van der Waals surface area (Å²) in [7, 11) is 0. The van der Waals surface area contributed by atoms with Gasteiger partial charge in [0.05, 0.1) is 29.2 Å². The van der Waals surface area contributed by atoms with Crippen LogP contribution in [0.5, 0.6) is 0 Å². The molecule has 0 aliphatic heterocycles. The minimum absolute atomic E-state index is 0.136. The molecule has 0 aliphatic carbocycles. The number of carboxylic acid groups (broad SMARTS) is 1. The molecule has 0 spiro atoms. The molecule has 0 aliphatic rings. The van der Waals surface area contributed by atoms with Crippen molar-refractivity contribution in [3.05, 3.63) is 51.0 Å². The lowest BCUT2D eigenvalue weighted by Crippen LogP contribution is -2.24. The van der Waals surface area contributed by atoms with E-state index in [1.165, 1.54) is 12.1 Å². The molecule has 2 rings (SSSR count). The van der Waals surface area contributed by atoms with Gasteiger partial charge in [0.1, 0.15) is 0 Å². The van der Waals surface area contributed by atoms with Crippen molar-refractivity contribution >= 4 is 23.2 Å². The number of carboxylic acids is 1. The van der Waals surface area contributed by atoms with Crippen molar-refractivity contribution in [1.29, 1.82) is 0 Å². The van der Waals surface area contributed by atoms with E-state index >= 15 is 0 Å². The van der Waals surface area contributed by atoms with E-state index in [0.29, 0.717) is 12.1 Å². The smallest absolute Gasteiger partial charge is 0.335 e. The van der Waals surface area contributed by atoms with Crippen LogP contribution in [0.3, 0.4) is 0 Å². The number of aryl methyl sites for hydroxylation is 2. The SMILES string of the molecule is Cc1nc(C)c(CNC(=O)Cc2cccc(C(=O)O)c2)s1. The number of amides is 1. The monoisotopic (exact) mass is 304 g/mol. The summed E-state index contributed by atoms with van der Waals surface area (Å²) in [4.78, 5) is 28.1. The van der Waals surface area contributed by atoms with Crippen LogP contribution >= 0.6 is 11.3 Å². The fourth-order valence-electron chi connectivity index (χ4n) is 1.98. The van der Waals surface area contributed by atoms with Gasteiger partial charge in [0.15, 0.2) is 0 Å². The number of aromatic carboxylic acids is 1. The van der Waals surface area contributed by atoms with Crippen LogP contribution < -0.4 is 5.32 Å². The van der Waals surface area contributed by atoms with Gasteiger partial charge in [0.2, 0.25) is 5.91 Å². The van der Waals surface area contributed by atoms with Crippen LogP contribution in [0.1, 0.15) is 31.5 Å². The Morgan fingerprint density at radius 1 is 1.33 bits per heavy atom. The molecule has 1 heterocycles. The molecule has 1 aromatic carbocycles. The second-order valence-corrected chi connectivity index (χ2v) is 5.99. The van der Waals surface area contributed by atoms with Crippen LogP contribution in [0.15, 0.2) is 24.3 Å². The standard InChI is InChI=1S/C15H16N2O3S/c1-9-13(21-10(2)17-9)8-16-14(18)7-11-4-3-5-12(6-11)15(19)20/h3-6H,7-8H2,1-2H3,(H,16,18)(H,19,20). The van der Waals surface area contributed by atoms with Gasteiger partial charge in [-0.25, -0.2) is 9.78 Å². The Hall–Kier alpha value is -2.21. The summed E-state index contributed by atoms with van der Waals surface area (Å²) in [5, 5.41) is 12.7.